The molecule has 4 nitrogen and oxygen atoms in total. The first-order chi connectivity index (χ1) is 11.0. The van der Waals surface area contributed by atoms with Gasteiger partial charge in [0.2, 0.25) is 0 Å². The van der Waals surface area contributed by atoms with Crippen LogP contribution in [0.5, 0.6) is 0 Å². The van der Waals surface area contributed by atoms with Gasteiger partial charge in [0.25, 0.3) is 0 Å². The minimum Gasteiger partial charge on any atom is -0.460 e. The van der Waals surface area contributed by atoms with E-state index < -0.39 is 11.0 Å². The number of Topliss-reactive ketones (excluding diaryl/α,β-unsaturated/α-hetero) is 1. The molecule has 0 saturated heterocycles. The van der Waals surface area contributed by atoms with Gasteiger partial charge in [0.1, 0.15) is 6.61 Å². The van der Waals surface area contributed by atoms with Crippen molar-refractivity contribution in [2.75, 3.05) is 13.2 Å². The van der Waals surface area contributed by atoms with Crippen molar-refractivity contribution < 1.29 is 19.1 Å². The lowest BCUT2D eigenvalue weighted by atomic mass is 9.97. The van der Waals surface area contributed by atoms with Crippen molar-refractivity contribution in [3.05, 3.63) is 72.4 Å². The molecule has 0 bridgehead atoms. The van der Waals surface area contributed by atoms with Crippen LogP contribution >= 0.6 is 11.6 Å². The fraction of sp³-hybridized carbons (Fsp3) is 0.222. The third-order valence-electron chi connectivity index (χ3n) is 3.25. The van der Waals surface area contributed by atoms with Crippen LogP contribution < -0.4 is 0 Å². The number of hydrogen-bond donors (Lipinski definition) is 0. The van der Waals surface area contributed by atoms with E-state index in [1.807, 2.05) is 18.2 Å². The minimum atomic E-state index is -1.03. The molecular formula is C18H17ClO4. The topological polar surface area (TPSA) is 52.6 Å². The Labute approximate surface area is 140 Å². The maximum atomic E-state index is 12.3. The summed E-state index contributed by atoms with van der Waals surface area (Å²) < 4.78 is 10.3. The van der Waals surface area contributed by atoms with E-state index in [1.165, 1.54) is 0 Å². The number of alkyl halides is 1. The van der Waals surface area contributed by atoms with Crippen molar-refractivity contribution in [1.29, 1.82) is 0 Å². The van der Waals surface area contributed by atoms with Crippen LogP contribution in [0.4, 0.5) is 0 Å². The highest BCUT2D eigenvalue weighted by Crippen LogP contribution is 2.30. The van der Waals surface area contributed by atoms with Crippen LogP contribution in [0.2, 0.25) is 0 Å². The number of allylic oxidation sites excluding steroid dienone is 2. The van der Waals surface area contributed by atoms with Crippen LogP contribution in [0, 0.1) is 0 Å². The Morgan fingerprint density at radius 3 is 2.61 bits per heavy atom. The van der Waals surface area contributed by atoms with Gasteiger partial charge in [-0.3, -0.25) is 4.79 Å². The van der Waals surface area contributed by atoms with E-state index in [4.69, 9.17) is 21.1 Å². The van der Waals surface area contributed by atoms with Crippen molar-refractivity contribution in [3.8, 4) is 0 Å². The Hall–Kier alpha value is -2.17. The molecule has 0 amide bonds. The van der Waals surface area contributed by atoms with Gasteiger partial charge in [0, 0.05) is 23.6 Å². The van der Waals surface area contributed by atoms with E-state index in [-0.39, 0.29) is 19.0 Å². The molecule has 0 saturated carbocycles. The van der Waals surface area contributed by atoms with Crippen molar-refractivity contribution in [2.24, 2.45) is 0 Å². The molecule has 5 heteroatoms. The normalized spacial score (nSPS) is 19.8. The molecule has 0 heterocycles. The zero-order chi connectivity index (χ0) is 16.7. The van der Waals surface area contributed by atoms with Gasteiger partial charge in [-0.05, 0) is 6.08 Å². The van der Waals surface area contributed by atoms with Crippen molar-refractivity contribution >= 4 is 23.4 Å². The number of carbonyl (C=O) groups excluding carboxylic acids is 2. The van der Waals surface area contributed by atoms with Crippen LogP contribution in [0.1, 0.15) is 16.8 Å². The molecule has 0 radical (unpaired) electrons. The summed E-state index contributed by atoms with van der Waals surface area (Å²) in [6.45, 7) is 3.55. The Morgan fingerprint density at radius 1 is 1.26 bits per heavy atom. The van der Waals surface area contributed by atoms with Crippen molar-refractivity contribution in [3.63, 3.8) is 0 Å². The molecule has 1 unspecified atom stereocenters. The largest absolute Gasteiger partial charge is 0.460 e. The van der Waals surface area contributed by atoms with E-state index >= 15 is 0 Å². The molecule has 0 N–H and O–H groups in total. The summed E-state index contributed by atoms with van der Waals surface area (Å²) in [6.07, 6.45) is 6.48. The van der Waals surface area contributed by atoms with Crippen molar-refractivity contribution in [1.82, 2.24) is 0 Å². The van der Waals surface area contributed by atoms with Gasteiger partial charge < -0.3 is 9.47 Å². The predicted molar refractivity (Wildman–Crippen MR) is 88.3 cm³/mol. The zero-order valence-corrected chi connectivity index (χ0v) is 13.3. The number of carbonyl (C=O) groups is 2. The van der Waals surface area contributed by atoms with Crippen LogP contribution in [-0.2, 0) is 14.3 Å². The monoisotopic (exact) mass is 332 g/mol. The van der Waals surface area contributed by atoms with Crippen LogP contribution in [0.15, 0.2) is 66.8 Å². The van der Waals surface area contributed by atoms with E-state index in [1.54, 1.807) is 30.4 Å². The number of ether oxygens (including phenoxy) is 2. The smallest absolute Gasteiger partial charge is 0.330 e. The van der Waals surface area contributed by atoms with Gasteiger partial charge in [0.15, 0.2) is 10.8 Å². The first kappa shape index (κ1) is 17.2. The summed E-state index contributed by atoms with van der Waals surface area (Å²) in [7, 11) is 0. The number of esters is 1. The quantitative estimate of drug-likeness (QED) is 0.252. The van der Waals surface area contributed by atoms with Gasteiger partial charge >= 0.3 is 5.97 Å². The molecule has 120 valence electrons. The summed E-state index contributed by atoms with van der Waals surface area (Å²) in [6, 6.07) is 9.03. The summed E-state index contributed by atoms with van der Waals surface area (Å²) in [4.78, 5) is 23.2. The molecule has 1 aromatic rings. The maximum Gasteiger partial charge on any atom is 0.330 e. The Kier molecular flexibility index (Phi) is 5.90. The molecule has 1 aromatic carbocycles. The lowest BCUT2D eigenvalue weighted by molar-refractivity contribution is -0.140. The summed E-state index contributed by atoms with van der Waals surface area (Å²) in [5.41, 5.74) is 1.21. The first-order valence-electron chi connectivity index (χ1n) is 7.15. The van der Waals surface area contributed by atoms with Crippen LogP contribution in [-0.4, -0.2) is 30.0 Å². The molecular weight excluding hydrogens is 316 g/mol. The molecule has 1 atom stereocenters. The minimum absolute atomic E-state index is 0.0551. The zero-order valence-electron chi connectivity index (χ0n) is 12.5. The van der Waals surface area contributed by atoms with Gasteiger partial charge in [-0.2, -0.15) is 0 Å². The summed E-state index contributed by atoms with van der Waals surface area (Å²) in [5.74, 6) is -0.562. The lowest BCUT2D eigenvalue weighted by Crippen LogP contribution is -2.27. The van der Waals surface area contributed by atoms with Gasteiger partial charge in [0.05, 0.1) is 6.61 Å². The number of hydrogen-bond acceptors (Lipinski definition) is 4. The average Bonchev–Trinajstić information content (AvgIpc) is 2.59. The number of benzene rings is 1. The summed E-state index contributed by atoms with van der Waals surface area (Å²) in [5, 5.41) is -1.03. The maximum absolute atomic E-state index is 12.3. The lowest BCUT2D eigenvalue weighted by Gasteiger charge is -2.25. The average molecular weight is 333 g/mol. The second kappa shape index (κ2) is 7.90. The van der Waals surface area contributed by atoms with E-state index in [9.17, 15) is 9.59 Å². The Morgan fingerprint density at radius 2 is 2.00 bits per heavy atom. The molecule has 1 aliphatic rings. The number of rotatable bonds is 7. The fourth-order valence-corrected chi connectivity index (χ4v) is 2.26. The van der Waals surface area contributed by atoms with Crippen molar-refractivity contribution in [2.45, 2.75) is 11.5 Å². The fourth-order valence-electron chi connectivity index (χ4n) is 2.04. The molecule has 23 heavy (non-hydrogen) atoms. The van der Waals surface area contributed by atoms with E-state index in [0.717, 1.165) is 6.08 Å². The summed E-state index contributed by atoms with van der Waals surface area (Å²) >= 11 is 6.31. The number of ketones is 1. The highest BCUT2D eigenvalue weighted by molar-refractivity contribution is 6.24. The molecule has 0 spiro atoms. The molecule has 0 aromatic heterocycles. The Bertz CT molecular complexity index is 648. The first-order valence-corrected chi connectivity index (χ1v) is 7.53. The van der Waals surface area contributed by atoms with Gasteiger partial charge in [-0.1, -0.05) is 60.7 Å². The molecule has 2 rings (SSSR count). The van der Waals surface area contributed by atoms with E-state index in [2.05, 4.69) is 6.58 Å². The van der Waals surface area contributed by atoms with Crippen LogP contribution in [0.3, 0.4) is 0 Å². The van der Waals surface area contributed by atoms with Gasteiger partial charge in [-0.15, -0.1) is 0 Å². The second-order valence-electron chi connectivity index (χ2n) is 4.90. The Balaban J connectivity index is 1.87. The SMILES string of the molecule is C=CC(=O)OCCOC1(Cl)C=CC(C(=O)c2ccccc2)=CC1. The van der Waals surface area contributed by atoms with Crippen LogP contribution in [0.25, 0.3) is 0 Å². The third kappa shape index (κ3) is 4.91. The highest BCUT2D eigenvalue weighted by Gasteiger charge is 2.27. The van der Waals surface area contributed by atoms with Gasteiger partial charge in [-0.25, -0.2) is 4.79 Å². The predicted octanol–water partition coefficient (Wildman–Crippen LogP) is 3.44. The second-order valence-corrected chi connectivity index (χ2v) is 5.54. The van der Waals surface area contributed by atoms with E-state index in [0.29, 0.717) is 17.6 Å². The molecule has 0 aliphatic heterocycles. The number of halogens is 1. The third-order valence-corrected chi connectivity index (χ3v) is 3.64. The highest BCUT2D eigenvalue weighted by atomic mass is 35.5. The molecule has 1 aliphatic carbocycles. The standard InChI is InChI=1S/C18H17ClO4/c1-2-16(20)22-12-13-23-18(19)10-8-15(9-11-18)17(21)14-6-4-3-5-7-14/h2-10H,1,11-13H2. The molecule has 0 fully saturated rings.